The Morgan fingerprint density at radius 3 is 2.59 bits per heavy atom. The van der Waals surface area contributed by atoms with Gasteiger partial charge in [-0.25, -0.2) is 0 Å². The molecular weight excluding hydrogens is 360 g/mol. The number of nitrogens with one attached hydrogen (secondary N) is 2. The summed E-state index contributed by atoms with van der Waals surface area (Å²) in [5.41, 5.74) is 1.48. The summed E-state index contributed by atoms with van der Waals surface area (Å²) >= 11 is 6.17. The molecule has 2 fully saturated rings. The number of hydrogen-bond donors (Lipinski definition) is 2. The van der Waals surface area contributed by atoms with Crippen molar-refractivity contribution in [3.63, 3.8) is 0 Å². The molecule has 0 radical (unpaired) electrons. The van der Waals surface area contributed by atoms with Gasteiger partial charge in [-0.2, -0.15) is 0 Å². The maximum absolute atomic E-state index is 12.1. The van der Waals surface area contributed by atoms with Gasteiger partial charge in [0.05, 0.1) is 0 Å². The first-order chi connectivity index (χ1) is 12.9. The van der Waals surface area contributed by atoms with Crippen LogP contribution >= 0.6 is 11.6 Å². The number of guanidine groups is 1. The van der Waals surface area contributed by atoms with E-state index in [2.05, 4.69) is 27.8 Å². The molecule has 148 valence electrons. The molecule has 1 saturated heterocycles. The van der Waals surface area contributed by atoms with Gasteiger partial charge in [0.15, 0.2) is 5.96 Å². The Hall–Kier alpha value is -1.75. The normalized spacial score (nSPS) is 19.9. The molecule has 27 heavy (non-hydrogen) atoms. The van der Waals surface area contributed by atoms with Crippen molar-refractivity contribution in [2.45, 2.75) is 51.0 Å². The molecule has 3 rings (SSSR count). The lowest BCUT2D eigenvalue weighted by Crippen LogP contribution is -2.51. The molecule has 2 N–H and O–H groups in total. The number of rotatable bonds is 5. The summed E-state index contributed by atoms with van der Waals surface area (Å²) in [5.74, 6) is 1.18. The summed E-state index contributed by atoms with van der Waals surface area (Å²) in [6, 6.07) is 8.54. The molecule has 0 spiro atoms. The molecular formula is C21H31ClN4O. The predicted octanol–water partition coefficient (Wildman–Crippen LogP) is 3.18. The maximum atomic E-state index is 12.1. The minimum Gasteiger partial charge on any atom is -0.356 e. The first-order valence-corrected chi connectivity index (χ1v) is 10.3. The summed E-state index contributed by atoms with van der Waals surface area (Å²) in [7, 11) is 1.81. The molecule has 1 aromatic rings. The summed E-state index contributed by atoms with van der Waals surface area (Å²) in [6.45, 7) is 6.42. The molecule has 1 aliphatic heterocycles. The third-order valence-corrected chi connectivity index (χ3v) is 5.98. The zero-order valence-electron chi connectivity index (χ0n) is 16.6. The Morgan fingerprint density at radius 1 is 1.33 bits per heavy atom. The van der Waals surface area contributed by atoms with Crippen LogP contribution in [-0.2, 0) is 10.2 Å². The van der Waals surface area contributed by atoms with Crippen molar-refractivity contribution in [2.75, 3.05) is 26.7 Å². The highest BCUT2D eigenvalue weighted by atomic mass is 35.5. The van der Waals surface area contributed by atoms with Crippen LogP contribution in [0.25, 0.3) is 0 Å². The zero-order chi connectivity index (χ0) is 19.4. The Balaban J connectivity index is 1.49. The highest BCUT2D eigenvalue weighted by Gasteiger charge is 2.44. The van der Waals surface area contributed by atoms with Crippen molar-refractivity contribution in [3.05, 3.63) is 34.9 Å². The highest BCUT2D eigenvalue weighted by Crippen LogP contribution is 2.48. The van der Waals surface area contributed by atoms with E-state index in [0.29, 0.717) is 6.04 Å². The lowest BCUT2D eigenvalue weighted by atomic mass is 9.96. The average molecular weight is 391 g/mol. The molecule has 0 bridgehead atoms. The fraction of sp³-hybridized carbons (Fsp3) is 0.619. The number of halogens is 1. The quantitative estimate of drug-likeness (QED) is 0.599. The third kappa shape index (κ3) is 4.95. The van der Waals surface area contributed by atoms with E-state index in [1.165, 1.54) is 18.4 Å². The standard InChI is InChI=1S/C21H31ClN4O/c1-15(2)19(27)26-11-7-18(8-12-26)25-20(23-3)24-14-21(9-10-21)16-5-4-6-17(22)13-16/h4-6,13,15,18H,7-12,14H2,1-3H3,(H2,23,24,25). The van der Waals surface area contributed by atoms with E-state index in [1.54, 1.807) is 0 Å². The predicted molar refractivity (Wildman–Crippen MR) is 111 cm³/mol. The number of piperidine rings is 1. The maximum Gasteiger partial charge on any atom is 0.225 e. The van der Waals surface area contributed by atoms with Gasteiger partial charge < -0.3 is 15.5 Å². The summed E-state index contributed by atoms with van der Waals surface area (Å²) in [4.78, 5) is 18.5. The highest BCUT2D eigenvalue weighted by molar-refractivity contribution is 6.30. The minimum atomic E-state index is 0.0742. The van der Waals surface area contributed by atoms with E-state index in [-0.39, 0.29) is 17.2 Å². The molecule has 0 atom stereocenters. The van der Waals surface area contributed by atoms with Crippen molar-refractivity contribution in [2.24, 2.45) is 10.9 Å². The van der Waals surface area contributed by atoms with Crippen LogP contribution in [0.3, 0.4) is 0 Å². The van der Waals surface area contributed by atoms with Gasteiger partial charge in [-0.3, -0.25) is 9.79 Å². The van der Waals surface area contributed by atoms with Crippen molar-refractivity contribution < 1.29 is 4.79 Å². The second kappa shape index (κ2) is 8.51. The second-order valence-corrected chi connectivity index (χ2v) is 8.55. The summed E-state index contributed by atoms with van der Waals surface area (Å²) in [5, 5.41) is 7.83. The van der Waals surface area contributed by atoms with Gasteiger partial charge in [0, 0.05) is 49.1 Å². The topological polar surface area (TPSA) is 56.7 Å². The van der Waals surface area contributed by atoms with Gasteiger partial charge >= 0.3 is 0 Å². The minimum absolute atomic E-state index is 0.0742. The van der Waals surface area contributed by atoms with Crippen LogP contribution in [0, 0.1) is 5.92 Å². The summed E-state index contributed by atoms with van der Waals surface area (Å²) in [6.07, 6.45) is 4.26. The smallest absolute Gasteiger partial charge is 0.225 e. The van der Waals surface area contributed by atoms with Crippen LogP contribution < -0.4 is 10.6 Å². The number of benzene rings is 1. The van der Waals surface area contributed by atoms with Crippen molar-refractivity contribution in [3.8, 4) is 0 Å². The molecule has 0 aromatic heterocycles. The number of amides is 1. The molecule has 6 heteroatoms. The van der Waals surface area contributed by atoms with E-state index in [1.807, 2.05) is 37.9 Å². The molecule has 1 aliphatic carbocycles. The van der Waals surface area contributed by atoms with E-state index >= 15 is 0 Å². The SMILES string of the molecule is CN=C(NCC1(c2cccc(Cl)c2)CC1)NC1CCN(C(=O)C(C)C)CC1. The van der Waals surface area contributed by atoms with E-state index < -0.39 is 0 Å². The fourth-order valence-electron chi connectivity index (χ4n) is 3.79. The van der Waals surface area contributed by atoms with E-state index in [0.717, 1.165) is 43.5 Å². The lowest BCUT2D eigenvalue weighted by Gasteiger charge is -2.34. The largest absolute Gasteiger partial charge is 0.356 e. The number of hydrogen-bond acceptors (Lipinski definition) is 2. The van der Waals surface area contributed by atoms with Gasteiger partial charge in [-0.15, -0.1) is 0 Å². The number of carbonyl (C=O) groups is 1. The van der Waals surface area contributed by atoms with Crippen LogP contribution in [0.2, 0.25) is 5.02 Å². The van der Waals surface area contributed by atoms with Crippen LogP contribution in [0.5, 0.6) is 0 Å². The van der Waals surface area contributed by atoms with Crippen molar-refractivity contribution in [1.29, 1.82) is 0 Å². The van der Waals surface area contributed by atoms with Gasteiger partial charge in [-0.05, 0) is 43.4 Å². The molecule has 2 aliphatic rings. The van der Waals surface area contributed by atoms with Gasteiger partial charge in [-0.1, -0.05) is 37.6 Å². The fourth-order valence-corrected chi connectivity index (χ4v) is 3.98. The van der Waals surface area contributed by atoms with Crippen molar-refractivity contribution in [1.82, 2.24) is 15.5 Å². The van der Waals surface area contributed by atoms with E-state index in [9.17, 15) is 4.79 Å². The molecule has 1 aromatic carbocycles. The molecule has 1 heterocycles. The van der Waals surface area contributed by atoms with Gasteiger partial charge in [0.2, 0.25) is 5.91 Å². The molecule has 0 unspecified atom stereocenters. The van der Waals surface area contributed by atoms with Crippen LogP contribution in [0.4, 0.5) is 0 Å². The number of likely N-dealkylation sites (tertiary alicyclic amines) is 1. The zero-order valence-corrected chi connectivity index (χ0v) is 17.4. The number of carbonyl (C=O) groups excluding carboxylic acids is 1. The summed E-state index contributed by atoms with van der Waals surface area (Å²) < 4.78 is 0. The monoisotopic (exact) mass is 390 g/mol. The van der Waals surface area contributed by atoms with Crippen LogP contribution in [0.1, 0.15) is 45.1 Å². The van der Waals surface area contributed by atoms with Gasteiger partial charge in [0.25, 0.3) is 0 Å². The Labute approximate surface area is 167 Å². The Bertz CT molecular complexity index is 691. The van der Waals surface area contributed by atoms with Crippen LogP contribution in [-0.4, -0.2) is 49.5 Å². The Morgan fingerprint density at radius 2 is 2.04 bits per heavy atom. The Kier molecular flexibility index (Phi) is 6.30. The third-order valence-electron chi connectivity index (χ3n) is 5.75. The second-order valence-electron chi connectivity index (χ2n) is 8.12. The molecule has 5 nitrogen and oxygen atoms in total. The van der Waals surface area contributed by atoms with Crippen molar-refractivity contribution >= 4 is 23.5 Å². The average Bonchev–Trinajstić information content (AvgIpc) is 3.46. The molecule has 1 saturated carbocycles. The van der Waals surface area contributed by atoms with Crippen LogP contribution in [0.15, 0.2) is 29.3 Å². The first-order valence-electron chi connectivity index (χ1n) is 9.95. The first kappa shape index (κ1) is 20.0. The number of aliphatic imine (C=N–C) groups is 1. The molecule has 1 amide bonds. The van der Waals surface area contributed by atoms with E-state index in [4.69, 9.17) is 11.6 Å². The number of nitrogens with zero attached hydrogens (tertiary/aromatic N) is 2. The van der Waals surface area contributed by atoms with Gasteiger partial charge in [0.1, 0.15) is 0 Å². The lowest BCUT2D eigenvalue weighted by molar-refractivity contribution is -0.135.